The highest BCUT2D eigenvalue weighted by atomic mass is 16.3. The second-order valence-electron chi connectivity index (χ2n) is 7.42. The van der Waals surface area contributed by atoms with E-state index < -0.39 is 0 Å². The summed E-state index contributed by atoms with van der Waals surface area (Å²) >= 11 is 0. The number of nitrogens with zero attached hydrogens (tertiary/aromatic N) is 1. The van der Waals surface area contributed by atoms with E-state index in [9.17, 15) is 4.79 Å². The van der Waals surface area contributed by atoms with Crippen molar-refractivity contribution >= 4 is 11.6 Å². The van der Waals surface area contributed by atoms with E-state index in [0.717, 1.165) is 28.9 Å². The summed E-state index contributed by atoms with van der Waals surface area (Å²) in [4.78, 5) is 17.1. The number of hydrogen-bond acceptors (Lipinski definition) is 4. The van der Waals surface area contributed by atoms with Crippen molar-refractivity contribution in [3.05, 3.63) is 35.7 Å². The molecule has 3 atom stereocenters. The van der Waals surface area contributed by atoms with Gasteiger partial charge in [0.15, 0.2) is 0 Å². The molecule has 1 saturated carbocycles. The Morgan fingerprint density at radius 2 is 2.12 bits per heavy atom. The number of amides is 1. The third-order valence-corrected chi connectivity index (χ3v) is 5.53. The van der Waals surface area contributed by atoms with Crippen LogP contribution in [0.15, 0.2) is 28.9 Å². The van der Waals surface area contributed by atoms with Crippen molar-refractivity contribution in [2.75, 3.05) is 5.32 Å². The molecule has 25 heavy (non-hydrogen) atoms. The molecule has 1 aliphatic carbocycles. The molecule has 1 amide bonds. The second-order valence-corrected chi connectivity index (χ2v) is 7.42. The number of carbonyl (C=O) groups excluding carboxylic acids is 1. The van der Waals surface area contributed by atoms with E-state index >= 15 is 0 Å². The minimum Gasteiger partial charge on any atom is -0.444 e. The number of hydrogen-bond donors (Lipinski definition) is 2. The third-order valence-electron chi connectivity index (χ3n) is 5.53. The molecule has 2 heterocycles. The van der Waals surface area contributed by atoms with Crippen LogP contribution in [-0.2, 0) is 4.79 Å². The molecule has 1 aromatic heterocycles. The zero-order valence-electron chi connectivity index (χ0n) is 14.8. The number of oxazole rings is 1. The molecule has 1 aromatic carbocycles. The number of carbonyl (C=O) groups is 1. The average molecular weight is 339 g/mol. The maximum absolute atomic E-state index is 12.7. The van der Waals surface area contributed by atoms with E-state index in [1.54, 1.807) is 6.26 Å². The van der Waals surface area contributed by atoms with Gasteiger partial charge in [0.05, 0.1) is 11.7 Å². The Bertz CT molecular complexity index is 769. The van der Waals surface area contributed by atoms with Gasteiger partial charge in [0.25, 0.3) is 0 Å². The fourth-order valence-corrected chi connectivity index (χ4v) is 4.16. The topological polar surface area (TPSA) is 67.2 Å². The number of rotatable bonds is 3. The predicted octanol–water partition coefficient (Wildman–Crippen LogP) is 3.82. The van der Waals surface area contributed by atoms with Crippen LogP contribution < -0.4 is 10.6 Å². The van der Waals surface area contributed by atoms with Crippen LogP contribution in [0.5, 0.6) is 0 Å². The Balaban J connectivity index is 1.48. The molecule has 0 spiro atoms. The van der Waals surface area contributed by atoms with Crippen molar-refractivity contribution in [3.8, 4) is 11.5 Å². The summed E-state index contributed by atoms with van der Waals surface area (Å²) in [7, 11) is 0. The average Bonchev–Trinajstić information content (AvgIpc) is 3.22. The fraction of sp³-hybridized carbons (Fsp3) is 0.500. The zero-order valence-corrected chi connectivity index (χ0v) is 14.8. The highest BCUT2D eigenvalue weighted by Crippen LogP contribution is 2.33. The van der Waals surface area contributed by atoms with Crippen molar-refractivity contribution in [2.24, 2.45) is 5.92 Å². The van der Waals surface area contributed by atoms with Crippen LogP contribution >= 0.6 is 0 Å². The minimum atomic E-state index is -0.0816. The monoisotopic (exact) mass is 339 g/mol. The van der Waals surface area contributed by atoms with Gasteiger partial charge in [-0.2, -0.15) is 0 Å². The van der Waals surface area contributed by atoms with E-state index in [1.807, 2.05) is 32.0 Å². The molecule has 2 aliphatic rings. The van der Waals surface area contributed by atoms with Gasteiger partial charge in [0.2, 0.25) is 11.8 Å². The Labute approximate surface area is 148 Å². The minimum absolute atomic E-state index is 0.0628. The maximum atomic E-state index is 12.7. The van der Waals surface area contributed by atoms with E-state index in [1.165, 1.54) is 25.7 Å². The van der Waals surface area contributed by atoms with E-state index in [2.05, 4.69) is 15.6 Å². The van der Waals surface area contributed by atoms with Crippen LogP contribution in [0, 0.1) is 19.8 Å². The molecule has 1 aliphatic heterocycles. The Kier molecular flexibility index (Phi) is 4.34. The molecule has 2 fully saturated rings. The quantitative estimate of drug-likeness (QED) is 0.892. The number of benzene rings is 1. The van der Waals surface area contributed by atoms with Gasteiger partial charge >= 0.3 is 0 Å². The lowest BCUT2D eigenvalue weighted by molar-refractivity contribution is -0.117. The summed E-state index contributed by atoms with van der Waals surface area (Å²) in [5.74, 6) is 1.32. The van der Waals surface area contributed by atoms with Crippen LogP contribution in [0.4, 0.5) is 5.69 Å². The summed E-state index contributed by atoms with van der Waals surface area (Å²) in [6, 6.07) is 6.32. The van der Waals surface area contributed by atoms with Gasteiger partial charge in [-0.1, -0.05) is 18.9 Å². The predicted molar refractivity (Wildman–Crippen MR) is 97.3 cm³/mol. The molecule has 4 rings (SSSR count). The Hall–Kier alpha value is -2.14. The molecule has 0 radical (unpaired) electrons. The number of aryl methyl sites for hydroxylation is 2. The van der Waals surface area contributed by atoms with Crippen LogP contribution in [0.3, 0.4) is 0 Å². The molecular formula is C20H25N3O2. The summed E-state index contributed by atoms with van der Waals surface area (Å²) < 4.78 is 5.52. The Morgan fingerprint density at radius 1 is 1.28 bits per heavy atom. The number of anilines is 1. The van der Waals surface area contributed by atoms with Crippen LogP contribution in [0.25, 0.3) is 11.5 Å². The highest BCUT2D eigenvalue weighted by molar-refractivity contribution is 5.95. The number of fused-ring (bicyclic) bond motifs is 1. The molecule has 1 saturated heterocycles. The SMILES string of the molecule is Cc1coc(-c2cc(NC(=O)C3CC4CCCCC4N3)ccc2C)n1. The lowest BCUT2D eigenvalue weighted by Gasteiger charge is -2.24. The summed E-state index contributed by atoms with van der Waals surface area (Å²) in [6.45, 7) is 3.92. The van der Waals surface area contributed by atoms with Crippen molar-refractivity contribution in [2.45, 2.75) is 58.0 Å². The Morgan fingerprint density at radius 3 is 2.88 bits per heavy atom. The lowest BCUT2D eigenvalue weighted by Crippen LogP contribution is -2.39. The van der Waals surface area contributed by atoms with Crippen LogP contribution in [0.2, 0.25) is 0 Å². The summed E-state index contributed by atoms with van der Waals surface area (Å²) in [6.07, 6.45) is 7.62. The van der Waals surface area contributed by atoms with Gasteiger partial charge in [-0.05, 0) is 56.7 Å². The van der Waals surface area contributed by atoms with Crippen molar-refractivity contribution < 1.29 is 9.21 Å². The molecule has 5 heteroatoms. The first-order valence-corrected chi connectivity index (χ1v) is 9.20. The molecule has 3 unspecified atom stereocenters. The highest BCUT2D eigenvalue weighted by Gasteiger charge is 2.38. The van der Waals surface area contributed by atoms with Crippen LogP contribution in [0.1, 0.15) is 43.4 Å². The van der Waals surface area contributed by atoms with Crippen molar-refractivity contribution in [1.82, 2.24) is 10.3 Å². The van der Waals surface area contributed by atoms with Crippen LogP contribution in [-0.4, -0.2) is 23.0 Å². The molecule has 2 N–H and O–H groups in total. The van der Waals surface area contributed by atoms with E-state index in [-0.39, 0.29) is 11.9 Å². The van der Waals surface area contributed by atoms with Crippen molar-refractivity contribution in [3.63, 3.8) is 0 Å². The third kappa shape index (κ3) is 3.33. The molecular weight excluding hydrogens is 314 g/mol. The maximum Gasteiger partial charge on any atom is 0.241 e. The normalized spacial score (nSPS) is 25.6. The lowest BCUT2D eigenvalue weighted by atomic mass is 9.85. The second kappa shape index (κ2) is 6.64. The smallest absolute Gasteiger partial charge is 0.241 e. The molecule has 2 aromatic rings. The largest absolute Gasteiger partial charge is 0.444 e. The van der Waals surface area contributed by atoms with E-state index in [0.29, 0.717) is 17.9 Å². The number of aromatic nitrogens is 1. The number of nitrogens with one attached hydrogen (secondary N) is 2. The first-order valence-electron chi connectivity index (χ1n) is 9.20. The van der Waals surface area contributed by atoms with Gasteiger partial charge in [0.1, 0.15) is 6.26 Å². The van der Waals surface area contributed by atoms with Gasteiger partial charge in [-0.3, -0.25) is 4.79 Å². The van der Waals surface area contributed by atoms with Gasteiger partial charge in [-0.25, -0.2) is 4.98 Å². The van der Waals surface area contributed by atoms with Crippen molar-refractivity contribution in [1.29, 1.82) is 0 Å². The van der Waals surface area contributed by atoms with Gasteiger partial charge < -0.3 is 15.1 Å². The molecule has 0 bridgehead atoms. The van der Waals surface area contributed by atoms with Gasteiger partial charge in [0, 0.05) is 17.3 Å². The molecule has 132 valence electrons. The summed E-state index contributed by atoms with van der Waals surface area (Å²) in [5.41, 5.74) is 3.63. The first-order chi connectivity index (χ1) is 12.1. The fourth-order valence-electron chi connectivity index (χ4n) is 4.16. The summed E-state index contributed by atoms with van der Waals surface area (Å²) in [5, 5.41) is 6.60. The standard InChI is InChI=1S/C20H25N3O2/c1-12-7-8-15(10-16(12)20-21-13(2)11-25-20)22-19(24)18-9-14-5-3-4-6-17(14)23-18/h7-8,10-11,14,17-18,23H,3-6,9H2,1-2H3,(H,22,24). The zero-order chi connectivity index (χ0) is 17.4. The van der Waals surface area contributed by atoms with Gasteiger partial charge in [-0.15, -0.1) is 0 Å². The van der Waals surface area contributed by atoms with E-state index in [4.69, 9.17) is 4.42 Å². The first kappa shape index (κ1) is 16.3. The molecule has 5 nitrogen and oxygen atoms in total.